The van der Waals surface area contributed by atoms with Crippen molar-refractivity contribution in [3.8, 4) is 11.3 Å². The average molecular weight is 269 g/mol. The van der Waals surface area contributed by atoms with Gasteiger partial charge in [0.15, 0.2) is 4.96 Å². The van der Waals surface area contributed by atoms with Crippen molar-refractivity contribution in [3.05, 3.63) is 40.4 Å². The van der Waals surface area contributed by atoms with Crippen LogP contribution >= 0.6 is 11.3 Å². The number of anilines is 1. The van der Waals surface area contributed by atoms with Gasteiger partial charge in [-0.2, -0.15) is 0 Å². The third-order valence-electron chi connectivity index (χ3n) is 3.83. The van der Waals surface area contributed by atoms with Crippen molar-refractivity contribution < 1.29 is 0 Å². The predicted molar refractivity (Wildman–Crippen MR) is 79.7 cm³/mol. The highest BCUT2D eigenvalue weighted by molar-refractivity contribution is 7.17. The lowest BCUT2D eigenvalue weighted by molar-refractivity contribution is 0.890. The highest BCUT2D eigenvalue weighted by Crippen LogP contribution is 2.36. The van der Waals surface area contributed by atoms with Crippen LogP contribution in [0.2, 0.25) is 0 Å². The molecule has 0 atom stereocenters. The fraction of sp³-hybridized carbons (Fsp3) is 0.267. The maximum atomic E-state index is 6.33. The quantitative estimate of drug-likeness (QED) is 0.735. The van der Waals surface area contributed by atoms with Crippen molar-refractivity contribution in [1.82, 2.24) is 9.38 Å². The smallest absolute Gasteiger partial charge is 0.196 e. The molecule has 0 aliphatic heterocycles. The summed E-state index contributed by atoms with van der Waals surface area (Å²) in [6.45, 7) is 2.09. The van der Waals surface area contributed by atoms with Crippen molar-refractivity contribution in [2.24, 2.45) is 0 Å². The molecular weight excluding hydrogens is 254 g/mol. The number of benzene rings is 1. The minimum Gasteiger partial charge on any atom is -0.383 e. The van der Waals surface area contributed by atoms with Crippen LogP contribution in [0, 0.1) is 6.92 Å². The van der Waals surface area contributed by atoms with Gasteiger partial charge in [0.1, 0.15) is 11.5 Å². The van der Waals surface area contributed by atoms with E-state index >= 15 is 0 Å². The molecule has 0 spiro atoms. The van der Waals surface area contributed by atoms with Crippen molar-refractivity contribution in [2.45, 2.75) is 26.2 Å². The Bertz CT molecular complexity index is 765. The molecule has 2 N–H and O–H groups in total. The van der Waals surface area contributed by atoms with Gasteiger partial charge in [0.25, 0.3) is 0 Å². The second-order valence-corrected chi connectivity index (χ2v) is 6.22. The summed E-state index contributed by atoms with van der Waals surface area (Å²) < 4.78 is 2.15. The molecule has 1 aliphatic rings. The Morgan fingerprint density at radius 2 is 2.00 bits per heavy atom. The zero-order valence-corrected chi connectivity index (χ0v) is 11.6. The minimum atomic E-state index is 0.790. The van der Waals surface area contributed by atoms with Crippen LogP contribution in [0.5, 0.6) is 0 Å². The summed E-state index contributed by atoms with van der Waals surface area (Å²) in [5, 5.41) is 0. The second kappa shape index (κ2) is 3.84. The van der Waals surface area contributed by atoms with Gasteiger partial charge in [0.2, 0.25) is 0 Å². The number of aromatic nitrogens is 2. The van der Waals surface area contributed by atoms with E-state index in [0.29, 0.717) is 0 Å². The number of thiazole rings is 1. The summed E-state index contributed by atoms with van der Waals surface area (Å²) in [5.41, 5.74) is 11.0. The molecule has 0 saturated heterocycles. The highest BCUT2D eigenvalue weighted by Gasteiger charge is 2.22. The van der Waals surface area contributed by atoms with E-state index in [-0.39, 0.29) is 0 Å². The summed E-state index contributed by atoms with van der Waals surface area (Å²) in [6, 6.07) is 8.40. The molecule has 0 saturated carbocycles. The molecule has 0 radical (unpaired) electrons. The van der Waals surface area contributed by atoms with Crippen molar-refractivity contribution in [3.63, 3.8) is 0 Å². The molecule has 3 nitrogen and oxygen atoms in total. The van der Waals surface area contributed by atoms with Gasteiger partial charge in [-0.3, -0.25) is 4.40 Å². The first kappa shape index (κ1) is 11.1. The van der Waals surface area contributed by atoms with Crippen LogP contribution in [0.4, 0.5) is 5.82 Å². The van der Waals surface area contributed by atoms with Gasteiger partial charge in [-0.25, -0.2) is 4.98 Å². The Hall–Kier alpha value is -1.81. The summed E-state index contributed by atoms with van der Waals surface area (Å²) in [4.78, 5) is 7.23. The van der Waals surface area contributed by atoms with Gasteiger partial charge >= 0.3 is 0 Å². The number of rotatable bonds is 1. The monoisotopic (exact) mass is 269 g/mol. The van der Waals surface area contributed by atoms with Crippen molar-refractivity contribution >= 4 is 22.1 Å². The molecule has 96 valence electrons. The lowest BCUT2D eigenvalue weighted by Crippen LogP contribution is -1.96. The van der Waals surface area contributed by atoms with E-state index in [9.17, 15) is 0 Å². The number of nitrogens with zero attached hydrogens (tertiary/aromatic N) is 2. The molecule has 3 aromatic rings. The molecule has 2 aromatic heterocycles. The molecule has 1 aromatic carbocycles. The largest absolute Gasteiger partial charge is 0.383 e. The van der Waals surface area contributed by atoms with Gasteiger partial charge in [-0.15, -0.1) is 11.3 Å². The zero-order valence-electron chi connectivity index (χ0n) is 10.8. The molecular formula is C15H15N3S. The van der Waals surface area contributed by atoms with Gasteiger partial charge in [-0.1, -0.05) is 29.8 Å². The summed E-state index contributed by atoms with van der Waals surface area (Å²) >= 11 is 1.79. The first-order chi connectivity index (χ1) is 9.24. The van der Waals surface area contributed by atoms with Crippen molar-refractivity contribution in [1.29, 1.82) is 0 Å². The third-order valence-corrected chi connectivity index (χ3v) is 4.97. The van der Waals surface area contributed by atoms with Crippen LogP contribution in [0.25, 0.3) is 16.2 Å². The topological polar surface area (TPSA) is 43.3 Å². The van der Waals surface area contributed by atoms with Crippen LogP contribution in [0.15, 0.2) is 24.3 Å². The number of aryl methyl sites for hydroxylation is 3. The molecule has 0 unspecified atom stereocenters. The van der Waals surface area contributed by atoms with Crippen LogP contribution in [-0.2, 0) is 12.8 Å². The maximum Gasteiger partial charge on any atom is 0.196 e. The second-order valence-electron chi connectivity index (χ2n) is 5.16. The van der Waals surface area contributed by atoms with Crippen molar-refractivity contribution in [2.75, 3.05) is 5.73 Å². The molecule has 4 rings (SSSR count). The minimum absolute atomic E-state index is 0.790. The number of imidazole rings is 1. The standard InChI is InChI=1S/C15H15N3S/c1-9-5-7-10(8-6-9)13-14(16)18-11-3-2-4-12(11)19-15(18)17-13/h5-8H,2-4,16H2,1H3. The van der Waals surface area contributed by atoms with Crippen LogP contribution in [0.3, 0.4) is 0 Å². The maximum absolute atomic E-state index is 6.33. The number of nitrogen functional groups attached to an aromatic ring is 1. The Kier molecular flexibility index (Phi) is 2.23. The fourth-order valence-corrected chi connectivity index (χ4v) is 4.04. The fourth-order valence-electron chi connectivity index (χ4n) is 2.82. The summed E-state index contributed by atoms with van der Waals surface area (Å²) in [7, 11) is 0. The Balaban J connectivity index is 1.94. The van der Waals surface area contributed by atoms with Crippen LogP contribution < -0.4 is 5.73 Å². The van der Waals surface area contributed by atoms with Crippen LogP contribution in [0.1, 0.15) is 22.6 Å². The van der Waals surface area contributed by atoms with Gasteiger partial charge < -0.3 is 5.73 Å². The number of hydrogen-bond donors (Lipinski definition) is 1. The van der Waals surface area contributed by atoms with E-state index in [1.165, 1.54) is 29.0 Å². The summed E-state index contributed by atoms with van der Waals surface area (Å²) in [5.74, 6) is 0.790. The van der Waals surface area contributed by atoms with Gasteiger partial charge in [0.05, 0.1) is 0 Å². The Morgan fingerprint density at radius 1 is 1.21 bits per heavy atom. The van der Waals surface area contributed by atoms with E-state index in [0.717, 1.165) is 28.5 Å². The van der Waals surface area contributed by atoms with E-state index in [4.69, 9.17) is 10.7 Å². The molecule has 2 heterocycles. The molecule has 1 aliphatic carbocycles. The Labute approximate surface area is 115 Å². The molecule has 0 fully saturated rings. The third kappa shape index (κ3) is 1.53. The van der Waals surface area contributed by atoms with E-state index < -0.39 is 0 Å². The van der Waals surface area contributed by atoms with Gasteiger partial charge in [0, 0.05) is 16.1 Å². The number of fused-ring (bicyclic) bond motifs is 3. The van der Waals surface area contributed by atoms with Crippen LogP contribution in [-0.4, -0.2) is 9.38 Å². The molecule has 4 heteroatoms. The van der Waals surface area contributed by atoms with Gasteiger partial charge in [-0.05, 0) is 26.2 Å². The van der Waals surface area contributed by atoms with E-state index in [1.807, 2.05) is 0 Å². The first-order valence-corrected chi connectivity index (χ1v) is 7.41. The average Bonchev–Trinajstić information content (AvgIpc) is 3.03. The Morgan fingerprint density at radius 3 is 2.79 bits per heavy atom. The molecule has 19 heavy (non-hydrogen) atoms. The molecule has 0 bridgehead atoms. The molecule has 0 amide bonds. The predicted octanol–water partition coefficient (Wildman–Crippen LogP) is 3.44. The SMILES string of the molecule is Cc1ccc(-c2nc3sc4c(n3c2N)CCC4)cc1. The summed E-state index contributed by atoms with van der Waals surface area (Å²) in [6.07, 6.45) is 3.56. The number of hydrogen-bond acceptors (Lipinski definition) is 3. The lowest BCUT2D eigenvalue weighted by Gasteiger charge is -2.01. The first-order valence-electron chi connectivity index (χ1n) is 6.59. The normalized spacial score (nSPS) is 14.2. The highest BCUT2D eigenvalue weighted by atomic mass is 32.1. The lowest BCUT2D eigenvalue weighted by atomic mass is 10.1. The van der Waals surface area contributed by atoms with E-state index in [1.54, 1.807) is 11.3 Å². The van der Waals surface area contributed by atoms with E-state index in [2.05, 4.69) is 35.6 Å². The zero-order chi connectivity index (χ0) is 13.0. The number of nitrogens with two attached hydrogens (primary N) is 1.